The summed E-state index contributed by atoms with van der Waals surface area (Å²) >= 11 is 0. The Morgan fingerprint density at radius 1 is 1.35 bits per heavy atom. The molecule has 5 nitrogen and oxygen atoms in total. The second kappa shape index (κ2) is 5.93. The van der Waals surface area contributed by atoms with Crippen LogP contribution in [-0.4, -0.2) is 26.2 Å². The van der Waals surface area contributed by atoms with E-state index in [2.05, 4.69) is 11.9 Å². The maximum Gasteiger partial charge on any atom is 0.195 e. The van der Waals surface area contributed by atoms with Crippen molar-refractivity contribution >= 4 is 20.9 Å². The van der Waals surface area contributed by atoms with E-state index in [9.17, 15) is 8.42 Å². The molecule has 2 N–H and O–H groups in total. The normalized spacial score (nSPS) is 13.8. The van der Waals surface area contributed by atoms with E-state index in [-0.39, 0.29) is 4.90 Å². The molecule has 1 aromatic carbocycles. The average molecular weight is 296 g/mol. The molecule has 0 spiro atoms. The van der Waals surface area contributed by atoms with Crippen LogP contribution in [0.25, 0.3) is 11.1 Å². The van der Waals surface area contributed by atoms with Gasteiger partial charge < -0.3 is 10.2 Å². The molecule has 2 rings (SSSR count). The van der Waals surface area contributed by atoms with E-state index in [0.717, 1.165) is 19.3 Å². The number of nitrogens with zero attached hydrogens (tertiary/aromatic N) is 1. The van der Waals surface area contributed by atoms with E-state index in [1.807, 2.05) is 0 Å². The van der Waals surface area contributed by atoms with Crippen LogP contribution in [0.5, 0.6) is 0 Å². The van der Waals surface area contributed by atoms with Gasteiger partial charge in [0.05, 0.1) is 4.90 Å². The topological polar surface area (TPSA) is 86.2 Å². The van der Waals surface area contributed by atoms with E-state index >= 15 is 0 Å². The molecule has 1 aromatic heterocycles. The quantitative estimate of drug-likeness (QED) is 0.882. The first-order chi connectivity index (χ1) is 9.40. The van der Waals surface area contributed by atoms with Gasteiger partial charge in [0.15, 0.2) is 21.3 Å². The van der Waals surface area contributed by atoms with Crippen molar-refractivity contribution in [3.63, 3.8) is 0 Å². The van der Waals surface area contributed by atoms with Gasteiger partial charge in [-0.05, 0) is 43.5 Å². The number of hydrogen-bond acceptors (Lipinski definition) is 5. The molecule has 110 valence electrons. The predicted molar refractivity (Wildman–Crippen MR) is 78.3 cm³/mol. The molecule has 0 amide bonds. The van der Waals surface area contributed by atoms with Crippen LogP contribution in [0.15, 0.2) is 27.5 Å². The zero-order valence-electron chi connectivity index (χ0n) is 11.8. The van der Waals surface area contributed by atoms with E-state index in [1.165, 1.54) is 6.26 Å². The largest absolute Gasteiger partial charge is 0.441 e. The van der Waals surface area contributed by atoms with E-state index in [0.29, 0.717) is 29.5 Å². The van der Waals surface area contributed by atoms with Crippen LogP contribution in [0.3, 0.4) is 0 Å². The summed E-state index contributed by atoms with van der Waals surface area (Å²) in [6, 6.07) is 4.76. The van der Waals surface area contributed by atoms with Gasteiger partial charge in [0, 0.05) is 12.7 Å². The van der Waals surface area contributed by atoms with Gasteiger partial charge in [0.1, 0.15) is 5.52 Å². The van der Waals surface area contributed by atoms with Crippen molar-refractivity contribution < 1.29 is 12.8 Å². The third-order valence-electron chi connectivity index (χ3n) is 3.34. The summed E-state index contributed by atoms with van der Waals surface area (Å²) in [6.07, 6.45) is 3.87. The molecule has 0 aliphatic rings. The Bertz CT molecular complexity index is 692. The molecular formula is C14H20N2O3S. The van der Waals surface area contributed by atoms with Crippen molar-refractivity contribution in [2.24, 2.45) is 11.7 Å². The minimum atomic E-state index is -3.21. The van der Waals surface area contributed by atoms with Crippen LogP contribution in [0.1, 0.15) is 25.7 Å². The van der Waals surface area contributed by atoms with Gasteiger partial charge in [-0.25, -0.2) is 13.4 Å². The van der Waals surface area contributed by atoms with Crippen LogP contribution in [0, 0.1) is 5.92 Å². The zero-order valence-corrected chi connectivity index (χ0v) is 12.6. The maximum atomic E-state index is 11.5. The van der Waals surface area contributed by atoms with Gasteiger partial charge in [-0.15, -0.1) is 0 Å². The summed E-state index contributed by atoms with van der Waals surface area (Å²) in [5.41, 5.74) is 6.74. The lowest BCUT2D eigenvalue weighted by Crippen LogP contribution is -2.06. The van der Waals surface area contributed by atoms with Crippen molar-refractivity contribution in [3.8, 4) is 0 Å². The molecule has 1 atom stereocenters. The van der Waals surface area contributed by atoms with E-state index in [1.54, 1.807) is 18.2 Å². The standard InChI is InChI=1S/C14H20N2O3S/c1-10(7-8-15)3-6-14-16-12-9-11(20(2,17)18)4-5-13(12)19-14/h4-5,9-10H,3,6-8,15H2,1-2H3. The molecular weight excluding hydrogens is 276 g/mol. The van der Waals surface area contributed by atoms with Gasteiger partial charge in [0.2, 0.25) is 0 Å². The molecule has 0 bridgehead atoms. The zero-order chi connectivity index (χ0) is 14.8. The number of nitrogens with two attached hydrogens (primary N) is 1. The Hall–Kier alpha value is -1.40. The molecule has 2 aromatic rings. The number of aromatic nitrogens is 1. The molecule has 20 heavy (non-hydrogen) atoms. The van der Waals surface area contributed by atoms with Gasteiger partial charge >= 0.3 is 0 Å². The first-order valence-corrected chi connectivity index (χ1v) is 8.59. The van der Waals surface area contributed by atoms with Crippen molar-refractivity contribution in [1.29, 1.82) is 0 Å². The van der Waals surface area contributed by atoms with Gasteiger partial charge in [0.25, 0.3) is 0 Å². The summed E-state index contributed by atoms with van der Waals surface area (Å²) in [5, 5.41) is 0. The lowest BCUT2D eigenvalue weighted by molar-refractivity contribution is 0.451. The SMILES string of the molecule is CC(CCN)CCc1nc2cc(S(C)(=O)=O)ccc2o1. The average Bonchev–Trinajstić information content (AvgIpc) is 2.77. The van der Waals surface area contributed by atoms with Crippen LogP contribution in [-0.2, 0) is 16.3 Å². The third kappa shape index (κ3) is 3.58. The number of oxazole rings is 1. The molecule has 0 aliphatic heterocycles. The Kier molecular flexibility index (Phi) is 4.45. The highest BCUT2D eigenvalue weighted by molar-refractivity contribution is 7.90. The van der Waals surface area contributed by atoms with E-state index < -0.39 is 9.84 Å². The maximum absolute atomic E-state index is 11.5. The first-order valence-electron chi connectivity index (χ1n) is 6.69. The van der Waals surface area contributed by atoms with E-state index in [4.69, 9.17) is 10.2 Å². The summed E-state index contributed by atoms with van der Waals surface area (Å²) < 4.78 is 28.6. The molecule has 0 radical (unpaired) electrons. The van der Waals surface area contributed by atoms with Crippen LogP contribution in [0.2, 0.25) is 0 Å². The number of rotatable bonds is 6. The van der Waals surface area contributed by atoms with Crippen molar-refractivity contribution in [1.82, 2.24) is 4.98 Å². The van der Waals surface area contributed by atoms with Crippen LogP contribution < -0.4 is 5.73 Å². The van der Waals surface area contributed by atoms with Crippen molar-refractivity contribution in [2.45, 2.75) is 31.1 Å². The molecule has 1 unspecified atom stereocenters. The van der Waals surface area contributed by atoms with Crippen LogP contribution >= 0.6 is 0 Å². The van der Waals surface area contributed by atoms with Gasteiger partial charge in [-0.3, -0.25) is 0 Å². The number of sulfone groups is 1. The smallest absolute Gasteiger partial charge is 0.195 e. The number of fused-ring (bicyclic) bond motifs is 1. The highest BCUT2D eigenvalue weighted by Gasteiger charge is 2.12. The Balaban J connectivity index is 2.17. The highest BCUT2D eigenvalue weighted by Crippen LogP contribution is 2.21. The summed E-state index contributed by atoms with van der Waals surface area (Å²) in [5.74, 6) is 1.18. The first kappa shape index (κ1) is 15.0. The lowest BCUT2D eigenvalue weighted by Gasteiger charge is -2.06. The number of benzene rings is 1. The fourth-order valence-electron chi connectivity index (χ4n) is 2.09. The minimum absolute atomic E-state index is 0.265. The Morgan fingerprint density at radius 2 is 2.10 bits per heavy atom. The van der Waals surface area contributed by atoms with Gasteiger partial charge in [-0.2, -0.15) is 0 Å². The minimum Gasteiger partial charge on any atom is -0.441 e. The second-order valence-corrected chi connectivity index (χ2v) is 7.25. The van der Waals surface area contributed by atoms with Gasteiger partial charge in [-0.1, -0.05) is 6.92 Å². The van der Waals surface area contributed by atoms with Crippen LogP contribution in [0.4, 0.5) is 0 Å². The highest BCUT2D eigenvalue weighted by atomic mass is 32.2. The molecule has 0 aliphatic carbocycles. The fourth-order valence-corrected chi connectivity index (χ4v) is 2.73. The molecule has 0 saturated carbocycles. The summed E-state index contributed by atoms with van der Waals surface area (Å²) in [7, 11) is -3.21. The number of hydrogen-bond donors (Lipinski definition) is 1. The number of aryl methyl sites for hydroxylation is 1. The summed E-state index contributed by atoms with van der Waals surface area (Å²) in [6.45, 7) is 2.84. The molecule has 6 heteroatoms. The second-order valence-electron chi connectivity index (χ2n) is 5.23. The Labute approximate surface area is 119 Å². The molecule has 0 saturated heterocycles. The lowest BCUT2D eigenvalue weighted by atomic mass is 10.0. The molecule has 0 fully saturated rings. The summed E-state index contributed by atoms with van der Waals surface area (Å²) in [4.78, 5) is 4.62. The van der Waals surface area contributed by atoms with Crippen molar-refractivity contribution in [3.05, 3.63) is 24.1 Å². The molecule has 1 heterocycles. The van der Waals surface area contributed by atoms with Crippen molar-refractivity contribution in [2.75, 3.05) is 12.8 Å². The monoisotopic (exact) mass is 296 g/mol. The Morgan fingerprint density at radius 3 is 2.75 bits per heavy atom. The fraction of sp³-hybridized carbons (Fsp3) is 0.500. The predicted octanol–water partition coefficient (Wildman–Crippen LogP) is 2.15. The third-order valence-corrected chi connectivity index (χ3v) is 4.45.